The zero-order valence-electron chi connectivity index (χ0n) is 9.27. The SMILES string of the molecule is CCCCCCCC(C)N(C)C. The van der Waals surface area contributed by atoms with Crippen molar-refractivity contribution in [3.05, 3.63) is 0 Å². The van der Waals surface area contributed by atoms with Gasteiger partial charge in [-0.2, -0.15) is 0 Å². The summed E-state index contributed by atoms with van der Waals surface area (Å²) in [5.41, 5.74) is 0. The van der Waals surface area contributed by atoms with Crippen LogP contribution in [-0.2, 0) is 0 Å². The number of hydrogen-bond acceptors (Lipinski definition) is 1. The van der Waals surface area contributed by atoms with Gasteiger partial charge < -0.3 is 4.90 Å². The summed E-state index contributed by atoms with van der Waals surface area (Å²) < 4.78 is 0. The summed E-state index contributed by atoms with van der Waals surface area (Å²) in [5, 5.41) is 0. The average molecular weight is 171 g/mol. The number of hydrogen-bond donors (Lipinski definition) is 0. The van der Waals surface area contributed by atoms with Crippen molar-refractivity contribution >= 4 is 0 Å². The summed E-state index contributed by atoms with van der Waals surface area (Å²) in [6.45, 7) is 4.57. The fourth-order valence-electron chi connectivity index (χ4n) is 1.30. The van der Waals surface area contributed by atoms with Gasteiger partial charge in [-0.25, -0.2) is 0 Å². The summed E-state index contributed by atoms with van der Waals surface area (Å²) in [5.74, 6) is 0. The van der Waals surface area contributed by atoms with Gasteiger partial charge in [0.2, 0.25) is 0 Å². The smallest absolute Gasteiger partial charge is 0.00608 e. The molecule has 1 unspecified atom stereocenters. The van der Waals surface area contributed by atoms with Crippen LogP contribution in [0.5, 0.6) is 0 Å². The van der Waals surface area contributed by atoms with Crippen molar-refractivity contribution in [1.29, 1.82) is 0 Å². The average Bonchev–Trinajstić information content (AvgIpc) is 2.03. The highest BCUT2D eigenvalue weighted by Gasteiger charge is 2.02. The van der Waals surface area contributed by atoms with Crippen LogP contribution in [0, 0.1) is 0 Å². The Balaban J connectivity index is 3.08. The first-order chi connectivity index (χ1) is 5.68. The summed E-state index contributed by atoms with van der Waals surface area (Å²) in [6, 6.07) is 0.756. The van der Waals surface area contributed by atoms with Crippen LogP contribution in [0.2, 0.25) is 0 Å². The van der Waals surface area contributed by atoms with Gasteiger partial charge in [0, 0.05) is 6.04 Å². The van der Waals surface area contributed by atoms with Crippen LogP contribution in [0.25, 0.3) is 0 Å². The Hall–Kier alpha value is -0.0400. The van der Waals surface area contributed by atoms with Crippen molar-refractivity contribution in [2.24, 2.45) is 0 Å². The van der Waals surface area contributed by atoms with E-state index in [1.54, 1.807) is 0 Å². The lowest BCUT2D eigenvalue weighted by molar-refractivity contribution is 0.291. The molecule has 0 N–H and O–H groups in total. The Morgan fingerprint density at radius 1 is 1.00 bits per heavy atom. The maximum atomic E-state index is 2.31. The van der Waals surface area contributed by atoms with Crippen molar-refractivity contribution in [2.45, 2.75) is 58.4 Å². The summed E-state index contributed by atoms with van der Waals surface area (Å²) in [7, 11) is 4.33. The van der Waals surface area contributed by atoms with E-state index in [-0.39, 0.29) is 0 Å². The lowest BCUT2D eigenvalue weighted by Gasteiger charge is -2.19. The predicted molar refractivity (Wildman–Crippen MR) is 56.5 cm³/mol. The zero-order chi connectivity index (χ0) is 9.40. The molecule has 0 aromatic carbocycles. The van der Waals surface area contributed by atoms with Crippen molar-refractivity contribution in [2.75, 3.05) is 14.1 Å². The van der Waals surface area contributed by atoms with E-state index in [0.717, 1.165) is 6.04 Å². The molecule has 0 aromatic heterocycles. The van der Waals surface area contributed by atoms with E-state index in [0.29, 0.717) is 0 Å². The fourth-order valence-corrected chi connectivity index (χ4v) is 1.30. The highest BCUT2D eigenvalue weighted by Crippen LogP contribution is 2.08. The largest absolute Gasteiger partial charge is 0.307 e. The molecule has 0 radical (unpaired) electrons. The normalized spacial score (nSPS) is 13.8. The molecule has 0 aliphatic heterocycles. The van der Waals surface area contributed by atoms with Gasteiger partial charge in [0.15, 0.2) is 0 Å². The van der Waals surface area contributed by atoms with Crippen LogP contribution in [0.3, 0.4) is 0 Å². The molecule has 0 saturated heterocycles. The van der Waals surface area contributed by atoms with Gasteiger partial charge in [0.25, 0.3) is 0 Å². The minimum atomic E-state index is 0.756. The minimum Gasteiger partial charge on any atom is -0.307 e. The molecule has 0 rings (SSSR count). The third-order valence-electron chi connectivity index (χ3n) is 2.61. The maximum Gasteiger partial charge on any atom is 0.00608 e. The van der Waals surface area contributed by atoms with Crippen LogP contribution >= 0.6 is 0 Å². The number of rotatable bonds is 7. The molecule has 0 fully saturated rings. The molecular formula is C11H25N. The predicted octanol–water partition coefficient (Wildman–Crippen LogP) is 3.30. The van der Waals surface area contributed by atoms with Crippen LogP contribution in [0.15, 0.2) is 0 Å². The molecule has 1 heteroatoms. The van der Waals surface area contributed by atoms with Crippen molar-refractivity contribution < 1.29 is 0 Å². The molecule has 0 amide bonds. The second kappa shape index (κ2) is 7.60. The highest BCUT2D eigenvalue weighted by molar-refractivity contribution is 4.58. The molecule has 1 nitrogen and oxygen atoms in total. The molecule has 1 atom stereocenters. The zero-order valence-corrected chi connectivity index (χ0v) is 9.27. The van der Waals surface area contributed by atoms with E-state index in [1.165, 1.54) is 38.5 Å². The Kier molecular flexibility index (Phi) is 7.58. The fraction of sp³-hybridized carbons (Fsp3) is 1.00. The van der Waals surface area contributed by atoms with E-state index in [4.69, 9.17) is 0 Å². The quantitative estimate of drug-likeness (QED) is 0.531. The first-order valence-electron chi connectivity index (χ1n) is 5.35. The van der Waals surface area contributed by atoms with E-state index in [2.05, 4.69) is 32.8 Å². The van der Waals surface area contributed by atoms with E-state index in [9.17, 15) is 0 Å². The minimum absolute atomic E-state index is 0.756. The number of unbranched alkanes of at least 4 members (excludes halogenated alkanes) is 4. The van der Waals surface area contributed by atoms with Gasteiger partial charge in [-0.05, 0) is 27.4 Å². The van der Waals surface area contributed by atoms with Crippen LogP contribution in [0.1, 0.15) is 52.4 Å². The Morgan fingerprint density at radius 3 is 2.08 bits per heavy atom. The first-order valence-corrected chi connectivity index (χ1v) is 5.35. The molecule has 0 heterocycles. The Bertz CT molecular complexity index is 89.0. The molecule has 0 spiro atoms. The molecule has 74 valence electrons. The van der Waals surface area contributed by atoms with Crippen molar-refractivity contribution in [1.82, 2.24) is 4.90 Å². The van der Waals surface area contributed by atoms with Gasteiger partial charge in [-0.15, -0.1) is 0 Å². The van der Waals surface area contributed by atoms with Crippen LogP contribution < -0.4 is 0 Å². The van der Waals surface area contributed by atoms with Gasteiger partial charge in [0.1, 0.15) is 0 Å². The van der Waals surface area contributed by atoms with E-state index >= 15 is 0 Å². The Labute approximate surface area is 78.1 Å². The van der Waals surface area contributed by atoms with Gasteiger partial charge in [-0.1, -0.05) is 39.0 Å². The molecule has 0 aliphatic rings. The van der Waals surface area contributed by atoms with Gasteiger partial charge >= 0.3 is 0 Å². The van der Waals surface area contributed by atoms with Gasteiger partial charge in [0.05, 0.1) is 0 Å². The molecule has 0 bridgehead atoms. The lowest BCUT2D eigenvalue weighted by Crippen LogP contribution is -2.24. The summed E-state index contributed by atoms with van der Waals surface area (Å²) in [4.78, 5) is 2.31. The maximum absolute atomic E-state index is 2.31. The Morgan fingerprint density at radius 2 is 1.58 bits per heavy atom. The van der Waals surface area contributed by atoms with Crippen molar-refractivity contribution in [3.63, 3.8) is 0 Å². The standard InChI is InChI=1S/C11H25N/c1-5-6-7-8-9-10-11(2)12(3)4/h11H,5-10H2,1-4H3. The lowest BCUT2D eigenvalue weighted by atomic mass is 10.1. The summed E-state index contributed by atoms with van der Waals surface area (Å²) >= 11 is 0. The second-order valence-electron chi connectivity index (χ2n) is 4.02. The third kappa shape index (κ3) is 6.66. The van der Waals surface area contributed by atoms with Crippen molar-refractivity contribution in [3.8, 4) is 0 Å². The summed E-state index contributed by atoms with van der Waals surface area (Å²) in [6.07, 6.45) is 8.37. The van der Waals surface area contributed by atoms with Gasteiger partial charge in [-0.3, -0.25) is 0 Å². The van der Waals surface area contributed by atoms with E-state index in [1.807, 2.05) is 0 Å². The van der Waals surface area contributed by atoms with E-state index < -0.39 is 0 Å². The molecular weight excluding hydrogens is 146 g/mol. The number of nitrogens with zero attached hydrogens (tertiary/aromatic N) is 1. The molecule has 0 aliphatic carbocycles. The second-order valence-corrected chi connectivity index (χ2v) is 4.02. The monoisotopic (exact) mass is 171 g/mol. The van der Waals surface area contributed by atoms with Crippen LogP contribution in [-0.4, -0.2) is 25.0 Å². The third-order valence-corrected chi connectivity index (χ3v) is 2.61. The molecule has 12 heavy (non-hydrogen) atoms. The highest BCUT2D eigenvalue weighted by atomic mass is 15.1. The van der Waals surface area contributed by atoms with Crippen LogP contribution in [0.4, 0.5) is 0 Å². The molecule has 0 saturated carbocycles. The molecule has 0 aromatic rings. The topological polar surface area (TPSA) is 3.24 Å². The first kappa shape index (κ1) is 12.0.